The number of hydrogen-bond donors (Lipinski definition) is 1. The summed E-state index contributed by atoms with van der Waals surface area (Å²) < 4.78 is 5.03. The second kappa shape index (κ2) is 5.73. The van der Waals surface area contributed by atoms with Gasteiger partial charge in [0.25, 0.3) is 5.91 Å². The molecule has 1 amide bonds. The molecular formula is C12H15ClN2O3. The Bertz CT molecular complexity index is 454. The Morgan fingerprint density at radius 2 is 2.00 bits per heavy atom. The van der Waals surface area contributed by atoms with Gasteiger partial charge in [-0.2, -0.15) is 0 Å². The van der Waals surface area contributed by atoms with Crippen molar-refractivity contribution in [3.8, 4) is 0 Å². The fourth-order valence-corrected chi connectivity index (χ4v) is 1.65. The summed E-state index contributed by atoms with van der Waals surface area (Å²) in [5, 5.41) is 0.199. The number of ether oxygens (including phenoxy) is 1. The predicted octanol–water partition coefficient (Wildman–Crippen LogP) is 1.56. The molecule has 0 saturated heterocycles. The largest absolute Gasteiger partial charge is 0.449 e. The molecule has 0 spiro atoms. The lowest BCUT2D eigenvalue weighted by atomic mass is 10.2. The average Bonchev–Trinajstić information content (AvgIpc) is 2.27. The van der Waals surface area contributed by atoms with E-state index in [0.717, 1.165) is 0 Å². The first kappa shape index (κ1) is 14.3. The van der Waals surface area contributed by atoms with E-state index in [1.807, 2.05) is 0 Å². The lowest BCUT2D eigenvalue weighted by Gasteiger charge is -2.17. The molecule has 1 rings (SSSR count). The minimum absolute atomic E-state index is 0.0811. The molecule has 0 bridgehead atoms. The molecular weight excluding hydrogens is 256 g/mol. The van der Waals surface area contributed by atoms with Crippen LogP contribution < -0.4 is 5.73 Å². The molecule has 18 heavy (non-hydrogen) atoms. The van der Waals surface area contributed by atoms with Crippen LogP contribution in [0.5, 0.6) is 0 Å². The summed E-state index contributed by atoms with van der Waals surface area (Å²) >= 11 is 5.87. The van der Waals surface area contributed by atoms with Crippen molar-refractivity contribution in [3.63, 3.8) is 0 Å². The fraction of sp³-hybridized carbons (Fsp3) is 0.333. The first-order valence-corrected chi connectivity index (χ1v) is 5.68. The number of esters is 1. The van der Waals surface area contributed by atoms with Crippen molar-refractivity contribution in [1.82, 2.24) is 4.90 Å². The van der Waals surface area contributed by atoms with Crippen molar-refractivity contribution in [2.24, 2.45) is 0 Å². The van der Waals surface area contributed by atoms with E-state index >= 15 is 0 Å². The van der Waals surface area contributed by atoms with Crippen molar-refractivity contribution < 1.29 is 14.3 Å². The molecule has 0 aliphatic rings. The highest BCUT2D eigenvalue weighted by molar-refractivity contribution is 6.34. The van der Waals surface area contributed by atoms with E-state index in [4.69, 9.17) is 22.1 Å². The molecule has 0 radical (unpaired) electrons. The van der Waals surface area contributed by atoms with E-state index < -0.39 is 12.1 Å². The molecule has 6 heteroatoms. The number of carbonyl (C=O) groups excluding carboxylic acids is 2. The molecule has 0 aromatic heterocycles. The van der Waals surface area contributed by atoms with E-state index in [1.54, 1.807) is 26.2 Å². The predicted molar refractivity (Wildman–Crippen MR) is 69.4 cm³/mol. The Morgan fingerprint density at radius 1 is 1.39 bits per heavy atom. The Balaban J connectivity index is 2.87. The summed E-state index contributed by atoms with van der Waals surface area (Å²) in [7, 11) is 3.16. The highest BCUT2D eigenvalue weighted by Gasteiger charge is 2.23. The van der Waals surface area contributed by atoms with Crippen LogP contribution in [-0.4, -0.2) is 37.0 Å². The van der Waals surface area contributed by atoms with Gasteiger partial charge in [0.2, 0.25) is 0 Å². The first-order valence-electron chi connectivity index (χ1n) is 5.30. The molecule has 1 aromatic rings. The average molecular weight is 271 g/mol. The maximum absolute atomic E-state index is 11.9. The first-order chi connectivity index (χ1) is 8.34. The zero-order valence-electron chi connectivity index (χ0n) is 10.4. The molecule has 1 unspecified atom stereocenters. The Labute approximate surface area is 110 Å². The smallest absolute Gasteiger partial charge is 0.342 e. The number of nitrogen functional groups attached to an aromatic ring is 1. The van der Waals surface area contributed by atoms with E-state index in [2.05, 4.69) is 0 Å². The zero-order valence-corrected chi connectivity index (χ0v) is 11.2. The number of likely N-dealkylation sites (N-methyl/N-ethyl adjacent to an activating group) is 1. The number of anilines is 1. The van der Waals surface area contributed by atoms with Gasteiger partial charge in [-0.05, 0) is 19.1 Å². The number of amides is 1. The van der Waals surface area contributed by atoms with Gasteiger partial charge in [-0.3, -0.25) is 4.79 Å². The van der Waals surface area contributed by atoms with Gasteiger partial charge in [0.1, 0.15) is 5.56 Å². The standard InChI is InChI=1S/C12H15ClN2O3/c1-7(11(16)15(2)3)18-12(17)10-8(13)5-4-6-9(10)14/h4-7H,14H2,1-3H3. The summed E-state index contributed by atoms with van der Waals surface area (Å²) in [4.78, 5) is 24.8. The minimum Gasteiger partial charge on any atom is -0.449 e. The Kier molecular flexibility index (Phi) is 4.55. The van der Waals surface area contributed by atoms with E-state index in [9.17, 15) is 9.59 Å². The van der Waals surface area contributed by atoms with Gasteiger partial charge in [-0.25, -0.2) is 4.79 Å². The van der Waals surface area contributed by atoms with Crippen LogP contribution in [0.3, 0.4) is 0 Å². The molecule has 2 N–H and O–H groups in total. The van der Waals surface area contributed by atoms with Crippen LogP contribution in [-0.2, 0) is 9.53 Å². The highest BCUT2D eigenvalue weighted by Crippen LogP contribution is 2.23. The van der Waals surface area contributed by atoms with Crippen LogP contribution in [0.25, 0.3) is 0 Å². The summed E-state index contributed by atoms with van der Waals surface area (Å²) in [6.45, 7) is 1.49. The van der Waals surface area contributed by atoms with Crippen molar-refractivity contribution in [2.75, 3.05) is 19.8 Å². The summed E-state index contributed by atoms with van der Waals surface area (Å²) in [5.41, 5.74) is 5.95. The van der Waals surface area contributed by atoms with Crippen molar-refractivity contribution >= 4 is 29.2 Å². The molecule has 5 nitrogen and oxygen atoms in total. The van der Waals surface area contributed by atoms with Gasteiger partial charge >= 0.3 is 5.97 Å². The van der Waals surface area contributed by atoms with Gasteiger partial charge in [0.05, 0.1) is 5.02 Å². The summed E-state index contributed by atoms with van der Waals surface area (Å²) in [6.07, 6.45) is -0.886. The number of halogens is 1. The summed E-state index contributed by atoms with van der Waals surface area (Å²) in [5.74, 6) is -1.02. The SMILES string of the molecule is CC(OC(=O)c1c(N)cccc1Cl)C(=O)N(C)C. The second-order valence-corrected chi connectivity index (χ2v) is 4.39. The maximum Gasteiger partial charge on any atom is 0.342 e. The normalized spacial score (nSPS) is 11.8. The maximum atomic E-state index is 11.9. The quantitative estimate of drug-likeness (QED) is 0.668. The molecule has 0 heterocycles. The fourth-order valence-electron chi connectivity index (χ4n) is 1.39. The number of carbonyl (C=O) groups is 2. The van der Waals surface area contributed by atoms with Crippen molar-refractivity contribution in [2.45, 2.75) is 13.0 Å². The summed E-state index contributed by atoms with van der Waals surface area (Å²) in [6, 6.07) is 4.71. The van der Waals surface area contributed by atoms with E-state index in [1.165, 1.54) is 17.9 Å². The Hall–Kier alpha value is -1.75. The van der Waals surface area contributed by atoms with Gasteiger partial charge in [0, 0.05) is 19.8 Å². The molecule has 0 aliphatic heterocycles. The van der Waals surface area contributed by atoms with Crippen LogP contribution in [0.4, 0.5) is 5.69 Å². The zero-order chi connectivity index (χ0) is 13.9. The molecule has 0 aliphatic carbocycles. The molecule has 1 atom stereocenters. The van der Waals surface area contributed by atoms with Crippen LogP contribution in [0.15, 0.2) is 18.2 Å². The number of nitrogens with zero attached hydrogens (tertiary/aromatic N) is 1. The molecule has 1 aromatic carbocycles. The van der Waals surface area contributed by atoms with Gasteiger partial charge in [0.15, 0.2) is 6.10 Å². The second-order valence-electron chi connectivity index (χ2n) is 3.98. The number of hydrogen-bond acceptors (Lipinski definition) is 4. The van der Waals surface area contributed by atoms with Crippen LogP contribution in [0.2, 0.25) is 5.02 Å². The van der Waals surface area contributed by atoms with Gasteiger partial charge in [-0.15, -0.1) is 0 Å². The topological polar surface area (TPSA) is 72.6 Å². The Morgan fingerprint density at radius 3 is 2.50 bits per heavy atom. The lowest BCUT2D eigenvalue weighted by Crippen LogP contribution is -2.35. The van der Waals surface area contributed by atoms with Crippen LogP contribution in [0, 0.1) is 0 Å². The molecule has 0 fully saturated rings. The van der Waals surface area contributed by atoms with Crippen molar-refractivity contribution in [3.05, 3.63) is 28.8 Å². The molecule has 0 saturated carbocycles. The highest BCUT2D eigenvalue weighted by atomic mass is 35.5. The lowest BCUT2D eigenvalue weighted by molar-refractivity contribution is -0.137. The third kappa shape index (κ3) is 3.13. The monoisotopic (exact) mass is 270 g/mol. The minimum atomic E-state index is -0.886. The molecule has 98 valence electrons. The van der Waals surface area contributed by atoms with Crippen LogP contribution in [0.1, 0.15) is 17.3 Å². The third-order valence-corrected chi connectivity index (χ3v) is 2.64. The van der Waals surface area contributed by atoms with Crippen LogP contribution >= 0.6 is 11.6 Å². The third-order valence-electron chi connectivity index (χ3n) is 2.32. The number of nitrogens with two attached hydrogens (primary N) is 1. The van der Waals surface area contributed by atoms with Gasteiger partial charge in [-0.1, -0.05) is 17.7 Å². The number of benzene rings is 1. The van der Waals surface area contributed by atoms with Gasteiger partial charge < -0.3 is 15.4 Å². The van der Waals surface area contributed by atoms with Crippen molar-refractivity contribution in [1.29, 1.82) is 0 Å². The number of rotatable bonds is 3. The van der Waals surface area contributed by atoms with E-state index in [0.29, 0.717) is 0 Å². The van der Waals surface area contributed by atoms with E-state index in [-0.39, 0.29) is 22.2 Å².